The van der Waals surface area contributed by atoms with Gasteiger partial charge < -0.3 is 5.73 Å². The lowest BCUT2D eigenvalue weighted by atomic mass is 10.1. The second-order valence-corrected chi connectivity index (χ2v) is 3.62. The molecule has 1 atom stereocenters. The molecule has 0 aliphatic carbocycles. The number of nitrogens with zero attached hydrogens (tertiary/aromatic N) is 1. The van der Waals surface area contributed by atoms with E-state index in [0.29, 0.717) is 4.60 Å². The van der Waals surface area contributed by atoms with Crippen molar-refractivity contribution in [2.45, 2.75) is 18.6 Å². The van der Waals surface area contributed by atoms with Crippen molar-refractivity contribution in [2.24, 2.45) is 5.73 Å². The van der Waals surface area contributed by atoms with E-state index in [0.717, 1.165) is 0 Å². The molecule has 0 aliphatic heterocycles. The molecule has 1 aromatic heterocycles. The first kappa shape index (κ1) is 14.7. The third-order valence-corrected chi connectivity index (χ3v) is 2.01. The van der Waals surface area contributed by atoms with Gasteiger partial charge in [-0.25, -0.2) is 4.98 Å². The molecule has 2 N–H and O–H groups in total. The average Bonchev–Trinajstić information content (AvgIpc) is 2.01. The Labute approximate surface area is 99.6 Å². The van der Waals surface area contributed by atoms with Crippen LogP contribution in [0, 0.1) is 0 Å². The highest BCUT2D eigenvalue weighted by atomic mass is 79.9. The van der Waals surface area contributed by atoms with Crippen molar-refractivity contribution in [3.63, 3.8) is 0 Å². The van der Waals surface area contributed by atoms with Crippen molar-refractivity contribution in [2.75, 3.05) is 0 Å². The van der Waals surface area contributed by atoms with Crippen LogP contribution >= 0.6 is 28.3 Å². The zero-order valence-corrected chi connectivity index (χ0v) is 9.86. The Morgan fingerprint density at radius 1 is 1.40 bits per heavy atom. The number of hydrogen-bond donors (Lipinski definition) is 1. The third kappa shape index (κ3) is 5.34. The van der Waals surface area contributed by atoms with Gasteiger partial charge in [0.05, 0.1) is 18.2 Å². The Hall–Kier alpha value is -0.330. The number of aromatic nitrogens is 1. The normalized spacial score (nSPS) is 13.1. The number of halogens is 5. The Balaban J connectivity index is 0.00000196. The second-order valence-electron chi connectivity index (χ2n) is 2.81. The monoisotopic (exact) mass is 304 g/mol. The largest absolute Gasteiger partial charge is 0.390 e. The molecule has 7 heteroatoms. The molecule has 1 aromatic rings. The van der Waals surface area contributed by atoms with E-state index in [9.17, 15) is 13.2 Å². The van der Waals surface area contributed by atoms with Gasteiger partial charge in [-0.3, -0.25) is 0 Å². The predicted molar refractivity (Wildman–Crippen MR) is 56.8 cm³/mol. The summed E-state index contributed by atoms with van der Waals surface area (Å²) in [6.45, 7) is 0. The Kier molecular flexibility index (Phi) is 5.55. The molecule has 0 bridgehead atoms. The molecular weight excluding hydrogens is 296 g/mol. The highest BCUT2D eigenvalue weighted by molar-refractivity contribution is 9.10. The fourth-order valence-electron chi connectivity index (χ4n) is 0.984. The summed E-state index contributed by atoms with van der Waals surface area (Å²) < 4.78 is 36.4. The van der Waals surface area contributed by atoms with Crippen LogP contribution in [0.25, 0.3) is 0 Å². The molecule has 1 heterocycles. The van der Waals surface area contributed by atoms with Crippen molar-refractivity contribution in [1.29, 1.82) is 0 Å². The second kappa shape index (κ2) is 5.67. The van der Waals surface area contributed by atoms with Crippen molar-refractivity contribution in [1.82, 2.24) is 4.98 Å². The maximum atomic E-state index is 12.0. The van der Waals surface area contributed by atoms with Crippen molar-refractivity contribution in [3.8, 4) is 0 Å². The van der Waals surface area contributed by atoms with E-state index >= 15 is 0 Å². The first-order valence-corrected chi connectivity index (χ1v) is 4.62. The molecule has 0 unspecified atom stereocenters. The van der Waals surface area contributed by atoms with Gasteiger partial charge in [-0.2, -0.15) is 13.2 Å². The molecule has 0 aliphatic rings. The van der Waals surface area contributed by atoms with Crippen LogP contribution in [0.2, 0.25) is 0 Å². The maximum Gasteiger partial charge on any atom is 0.390 e. The lowest BCUT2D eigenvalue weighted by Gasteiger charge is -2.13. The molecule has 15 heavy (non-hydrogen) atoms. The smallest absolute Gasteiger partial charge is 0.322 e. The zero-order valence-electron chi connectivity index (χ0n) is 7.46. The van der Waals surface area contributed by atoms with E-state index in [2.05, 4.69) is 20.9 Å². The molecule has 0 radical (unpaired) electrons. The summed E-state index contributed by atoms with van der Waals surface area (Å²) in [6, 6.07) is 3.60. The van der Waals surface area contributed by atoms with Gasteiger partial charge >= 0.3 is 6.18 Å². The number of nitrogens with two attached hydrogens (primary N) is 1. The van der Waals surface area contributed by atoms with E-state index < -0.39 is 18.6 Å². The van der Waals surface area contributed by atoms with E-state index in [1.165, 1.54) is 6.07 Å². The molecule has 0 fully saturated rings. The van der Waals surface area contributed by atoms with Gasteiger partial charge in [0, 0.05) is 0 Å². The van der Waals surface area contributed by atoms with Gasteiger partial charge in [-0.05, 0) is 28.1 Å². The Morgan fingerprint density at radius 3 is 2.47 bits per heavy atom. The highest BCUT2D eigenvalue weighted by Crippen LogP contribution is 2.27. The molecule has 0 saturated carbocycles. The zero-order chi connectivity index (χ0) is 10.8. The Morgan fingerprint density at radius 2 is 2.00 bits per heavy atom. The van der Waals surface area contributed by atoms with E-state index in [1.807, 2.05) is 0 Å². The highest BCUT2D eigenvalue weighted by Gasteiger charge is 2.31. The van der Waals surface area contributed by atoms with E-state index in [-0.39, 0.29) is 18.1 Å². The molecule has 0 aromatic carbocycles. The maximum absolute atomic E-state index is 12.0. The third-order valence-electron chi connectivity index (χ3n) is 1.57. The van der Waals surface area contributed by atoms with Gasteiger partial charge in [0.1, 0.15) is 4.60 Å². The lowest BCUT2D eigenvalue weighted by molar-refractivity contribution is -0.138. The van der Waals surface area contributed by atoms with Crippen LogP contribution in [0.3, 0.4) is 0 Å². The minimum absolute atomic E-state index is 0. The van der Waals surface area contributed by atoms with Crippen LogP contribution in [0.5, 0.6) is 0 Å². The minimum atomic E-state index is -4.26. The van der Waals surface area contributed by atoms with Gasteiger partial charge in [0.15, 0.2) is 0 Å². The van der Waals surface area contributed by atoms with Crippen molar-refractivity contribution < 1.29 is 13.2 Å². The van der Waals surface area contributed by atoms with Crippen LogP contribution in [0.15, 0.2) is 22.8 Å². The fraction of sp³-hybridized carbons (Fsp3) is 0.375. The summed E-state index contributed by atoms with van der Waals surface area (Å²) in [5.74, 6) is 0. The van der Waals surface area contributed by atoms with Crippen molar-refractivity contribution in [3.05, 3.63) is 28.5 Å². The number of rotatable bonds is 2. The van der Waals surface area contributed by atoms with Crippen LogP contribution in [0.1, 0.15) is 18.2 Å². The number of pyridine rings is 1. The van der Waals surface area contributed by atoms with Gasteiger partial charge in [-0.15, -0.1) is 12.4 Å². The summed E-state index contributed by atoms with van der Waals surface area (Å²) in [5.41, 5.74) is 5.58. The first-order valence-electron chi connectivity index (χ1n) is 3.83. The van der Waals surface area contributed by atoms with E-state index in [4.69, 9.17) is 5.73 Å². The molecule has 2 nitrogen and oxygen atoms in total. The summed E-state index contributed by atoms with van der Waals surface area (Å²) in [5, 5.41) is 0. The van der Waals surface area contributed by atoms with Crippen LogP contribution in [-0.4, -0.2) is 11.2 Å². The molecule has 86 valence electrons. The summed E-state index contributed by atoms with van der Waals surface area (Å²) in [6.07, 6.45) is -5.32. The van der Waals surface area contributed by atoms with E-state index in [1.54, 1.807) is 12.1 Å². The molecule has 0 saturated heterocycles. The first-order chi connectivity index (χ1) is 6.38. The summed E-state index contributed by atoms with van der Waals surface area (Å²) in [7, 11) is 0. The fourth-order valence-corrected chi connectivity index (χ4v) is 1.34. The number of hydrogen-bond acceptors (Lipinski definition) is 2. The quantitative estimate of drug-likeness (QED) is 0.852. The summed E-state index contributed by atoms with van der Waals surface area (Å²) >= 11 is 3.06. The van der Waals surface area contributed by atoms with Gasteiger partial charge in [0.2, 0.25) is 0 Å². The summed E-state index contributed by atoms with van der Waals surface area (Å²) in [4.78, 5) is 3.85. The number of alkyl halides is 3. The average molecular weight is 306 g/mol. The SMILES string of the molecule is Cl.N[C@H](CC(F)(F)F)c1cccc(Br)n1. The molecule has 1 rings (SSSR count). The molecule has 0 amide bonds. The van der Waals surface area contributed by atoms with Gasteiger partial charge in [-0.1, -0.05) is 6.07 Å². The Bertz CT molecular complexity index is 319. The topological polar surface area (TPSA) is 38.9 Å². The molecular formula is C8H9BrClF3N2. The molecule has 0 spiro atoms. The minimum Gasteiger partial charge on any atom is -0.322 e. The van der Waals surface area contributed by atoms with Gasteiger partial charge in [0.25, 0.3) is 0 Å². The van der Waals surface area contributed by atoms with Crippen LogP contribution < -0.4 is 5.73 Å². The standard InChI is InChI=1S/C8H8BrF3N2.ClH/c9-7-3-1-2-6(14-7)5(13)4-8(10,11)12;/h1-3,5H,4,13H2;1H/t5-;/m1./s1. The predicted octanol–water partition coefficient (Wildman–Crippen LogP) is 3.22. The lowest BCUT2D eigenvalue weighted by Crippen LogP contribution is -2.21. The van der Waals surface area contributed by atoms with Crippen LogP contribution in [-0.2, 0) is 0 Å². The van der Waals surface area contributed by atoms with Crippen LogP contribution in [0.4, 0.5) is 13.2 Å². The van der Waals surface area contributed by atoms with Crippen molar-refractivity contribution >= 4 is 28.3 Å².